The summed E-state index contributed by atoms with van der Waals surface area (Å²) < 4.78 is 38.6. The van der Waals surface area contributed by atoms with Crippen molar-refractivity contribution >= 4 is 33.8 Å². The van der Waals surface area contributed by atoms with Gasteiger partial charge in [-0.25, -0.2) is 8.42 Å². The maximum atomic E-state index is 13.2. The number of amides is 1. The third-order valence-corrected chi connectivity index (χ3v) is 7.09. The van der Waals surface area contributed by atoms with Crippen molar-refractivity contribution in [3.63, 3.8) is 0 Å². The number of carbonyl (C=O) groups excluding carboxylic acids is 1. The largest absolute Gasteiger partial charge is 0.495 e. The third-order valence-electron chi connectivity index (χ3n) is 5.17. The van der Waals surface area contributed by atoms with Gasteiger partial charge in [0.15, 0.2) is 5.76 Å². The number of carbonyl (C=O) groups is 1. The molecule has 0 saturated carbocycles. The molecular formula is C21H27N3O5S. The molecule has 0 atom stereocenters. The van der Waals surface area contributed by atoms with Gasteiger partial charge in [0.05, 0.1) is 7.11 Å². The first kappa shape index (κ1) is 22.0. The summed E-state index contributed by atoms with van der Waals surface area (Å²) in [5.41, 5.74) is 1.70. The molecule has 1 amide bonds. The second kappa shape index (κ2) is 9.01. The molecule has 162 valence electrons. The highest BCUT2D eigenvalue weighted by Crippen LogP contribution is 2.31. The zero-order chi connectivity index (χ0) is 21.9. The number of piperidine rings is 1. The Morgan fingerprint density at radius 1 is 1.30 bits per heavy atom. The SMILES string of the molecule is COc1ccc(C=Cc2onc(C)c2NC(C)=O)cc1S(=O)(=O)N1CCC(C)CC1. The second-order valence-electron chi connectivity index (χ2n) is 7.52. The van der Waals surface area contributed by atoms with Crippen LogP contribution in [0.25, 0.3) is 12.2 Å². The van der Waals surface area contributed by atoms with Crippen molar-refractivity contribution in [1.29, 1.82) is 0 Å². The topological polar surface area (TPSA) is 102 Å². The van der Waals surface area contributed by atoms with Crippen LogP contribution in [0.4, 0.5) is 5.69 Å². The van der Waals surface area contributed by atoms with E-state index in [1.807, 2.05) is 0 Å². The molecular weight excluding hydrogens is 406 g/mol. The number of aryl methyl sites for hydroxylation is 1. The van der Waals surface area contributed by atoms with Gasteiger partial charge in [-0.15, -0.1) is 0 Å². The second-order valence-corrected chi connectivity index (χ2v) is 9.43. The van der Waals surface area contributed by atoms with E-state index in [-0.39, 0.29) is 10.8 Å². The number of nitrogens with zero attached hydrogens (tertiary/aromatic N) is 2. The Labute approximate surface area is 176 Å². The molecule has 30 heavy (non-hydrogen) atoms. The van der Waals surface area contributed by atoms with E-state index < -0.39 is 10.0 Å². The minimum absolute atomic E-state index is 0.137. The fraction of sp³-hybridized carbons (Fsp3) is 0.429. The van der Waals surface area contributed by atoms with Gasteiger partial charge >= 0.3 is 0 Å². The lowest BCUT2D eigenvalue weighted by Crippen LogP contribution is -2.38. The van der Waals surface area contributed by atoms with Crippen molar-refractivity contribution in [1.82, 2.24) is 9.46 Å². The average Bonchev–Trinajstić information content (AvgIpc) is 3.05. The van der Waals surface area contributed by atoms with Crippen LogP contribution < -0.4 is 10.1 Å². The Kier molecular flexibility index (Phi) is 6.62. The van der Waals surface area contributed by atoms with Crippen LogP contribution in [0, 0.1) is 12.8 Å². The van der Waals surface area contributed by atoms with Gasteiger partial charge in [0.1, 0.15) is 22.0 Å². The maximum absolute atomic E-state index is 13.2. The molecule has 0 spiro atoms. The van der Waals surface area contributed by atoms with Crippen LogP contribution in [0.15, 0.2) is 27.6 Å². The highest BCUT2D eigenvalue weighted by atomic mass is 32.2. The molecule has 3 rings (SSSR count). The van der Waals surface area contributed by atoms with Crippen LogP contribution in [0.3, 0.4) is 0 Å². The number of rotatable bonds is 6. The Morgan fingerprint density at radius 3 is 2.63 bits per heavy atom. The summed E-state index contributed by atoms with van der Waals surface area (Å²) in [4.78, 5) is 11.5. The number of benzene rings is 1. The number of anilines is 1. The van der Waals surface area contributed by atoms with Crippen molar-refractivity contribution in [3.8, 4) is 5.75 Å². The normalized spacial score (nSPS) is 16.1. The van der Waals surface area contributed by atoms with Gasteiger partial charge in [0.2, 0.25) is 15.9 Å². The van der Waals surface area contributed by atoms with Crippen molar-refractivity contribution in [2.24, 2.45) is 5.92 Å². The lowest BCUT2D eigenvalue weighted by molar-refractivity contribution is -0.114. The minimum atomic E-state index is -3.67. The van der Waals surface area contributed by atoms with Gasteiger partial charge in [-0.05, 0) is 49.5 Å². The molecule has 0 unspecified atom stereocenters. The van der Waals surface area contributed by atoms with Gasteiger partial charge in [-0.2, -0.15) is 4.31 Å². The Balaban J connectivity index is 1.92. The molecule has 1 N–H and O–H groups in total. The average molecular weight is 434 g/mol. The first-order chi connectivity index (χ1) is 14.2. The number of ether oxygens (including phenoxy) is 1. The van der Waals surface area contributed by atoms with Crippen molar-refractivity contribution < 1.29 is 22.5 Å². The van der Waals surface area contributed by atoms with E-state index in [9.17, 15) is 13.2 Å². The van der Waals surface area contributed by atoms with Crippen molar-refractivity contribution in [2.75, 3.05) is 25.5 Å². The van der Waals surface area contributed by atoms with E-state index in [0.29, 0.717) is 47.5 Å². The number of methoxy groups -OCH3 is 1. The van der Waals surface area contributed by atoms with Gasteiger partial charge in [0.25, 0.3) is 0 Å². The number of hydrogen-bond acceptors (Lipinski definition) is 6. The monoisotopic (exact) mass is 433 g/mol. The summed E-state index contributed by atoms with van der Waals surface area (Å²) in [6.45, 7) is 6.27. The van der Waals surface area contributed by atoms with E-state index in [0.717, 1.165) is 12.8 Å². The molecule has 0 radical (unpaired) electrons. The molecule has 1 aromatic heterocycles. The van der Waals surface area contributed by atoms with E-state index in [1.54, 1.807) is 37.3 Å². The van der Waals surface area contributed by atoms with Crippen molar-refractivity contribution in [2.45, 2.75) is 38.5 Å². The van der Waals surface area contributed by atoms with E-state index in [4.69, 9.17) is 9.26 Å². The van der Waals surface area contributed by atoms with Crippen LogP contribution in [-0.2, 0) is 14.8 Å². The molecule has 2 heterocycles. The quantitative estimate of drug-likeness (QED) is 0.748. The predicted molar refractivity (Wildman–Crippen MR) is 115 cm³/mol. The zero-order valence-electron chi connectivity index (χ0n) is 17.6. The third kappa shape index (κ3) is 4.73. The fourth-order valence-electron chi connectivity index (χ4n) is 3.36. The Hall–Kier alpha value is -2.65. The lowest BCUT2D eigenvalue weighted by atomic mass is 10.0. The maximum Gasteiger partial charge on any atom is 0.246 e. The summed E-state index contributed by atoms with van der Waals surface area (Å²) in [5.74, 6) is 0.980. The molecule has 1 fully saturated rings. The van der Waals surface area contributed by atoms with E-state index in [2.05, 4.69) is 17.4 Å². The minimum Gasteiger partial charge on any atom is -0.495 e. The van der Waals surface area contributed by atoms with Crippen LogP contribution in [0.5, 0.6) is 5.75 Å². The van der Waals surface area contributed by atoms with Crippen LogP contribution >= 0.6 is 0 Å². The Morgan fingerprint density at radius 2 is 2.00 bits per heavy atom. The van der Waals surface area contributed by atoms with Crippen LogP contribution in [-0.4, -0.2) is 44.0 Å². The van der Waals surface area contributed by atoms with Gasteiger partial charge in [-0.3, -0.25) is 4.79 Å². The Bertz CT molecular complexity index is 1050. The smallest absolute Gasteiger partial charge is 0.246 e. The molecule has 1 aliphatic rings. The number of nitrogens with one attached hydrogen (secondary N) is 1. The molecule has 8 nitrogen and oxygen atoms in total. The summed E-state index contributed by atoms with van der Waals surface area (Å²) in [7, 11) is -2.21. The summed E-state index contributed by atoms with van der Waals surface area (Å²) >= 11 is 0. The number of sulfonamides is 1. The number of aromatic nitrogens is 1. The molecule has 9 heteroatoms. The molecule has 1 aliphatic heterocycles. The van der Waals surface area contributed by atoms with E-state index >= 15 is 0 Å². The molecule has 0 bridgehead atoms. The molecule has 1 saturated heterocycles. The summed E-state index contributed by atoms with van der Waals surface area (Å²) in [5, 5.41) is 6.56. The fourth-order valence-corrected chi connectivity index (χ4v) is 5.02. The standard InChI is InChI=1S/C21H27N3O5S/c1-14-9-11-24(12-10-14)30(26,27)20-13-17(5-7-18(20)28-4)6-8-19-21(22-16(3)25)15(2)23-29-19/h5-8,13-14H,9-12H2,1-4H3,(H,22,25). The van der Waals surface area contributed by atoms with Crippen molar-refractivity contribution in [3.05, 3.63) is 35.2 Å². The number of hydrogen-bond donors (Lipinski definition) is 1. The van der Waals surface area contributed by atoms with Gasteiger partial charge in [0, 0.05) is 20.0 Å². The molecule has 1 aromatic carbocycles. The highest BCUT2D eigenvalue weighted by molar-refractivity contribution is 7.89. The van der Waals surface area contributed by atoms with E-state index in [1.165, 1.54) is 18.3 Å². The first-order valence-electron chi connectivity index (χ1n) is 9.82. The zero-order valence-corrected chi connectivity index (χ0v) is 18.5. The molecule has 2 aromatic rings. The first-order valence-corrected chi connectivity index (χ1v) is 11.3. The highest BCUT2D eigenvalue weighted by Gasteiger charge is 2.30. The van der Waals surface area contributed by atoms with Gasteiger partial charge in [-0.1, -0.05) is 24.2 Å². The predicted octanol–water partition coefficient (Wildman–Crippen LogP) is 3.54. The summed E-state index contributed by atoms with van der Waals surface area (Å²) in [6, 6.07) is 4.98. The summed E-state index contributed by atoms with van der Waals surface area (Å²) in [6.07, 6.45) is 5.05. The lowest BCUT2D eigenvalue weighted by Gasteiger charge is -2.29. The van der Waals surface area contributed by atoms with Gasteiger partial charge < -0.3 is 14.6 Å². The van der Waals surface area contributed by atoms with Crippen LogP contribution in [0.1, 0.15) is 43.7 Å². The molecule has 0 aliphatic carbocycles. The van der Waals surface area contributed by atoms with Crippen LogP contribution in [0.2, 0.25) is 0 Å².